The lowest BCUT2D eigenvalue weighted by molar-refractivity contribution is -0.113. The number of nitrogens with two attached hydrogens (primary N) is 1. The molecule has 1 amide bonds. The van der Waals surface area contributed by atoms with Crippen LogP contribution >= 0.6 is 11.6 Å². The zero-order valence-electron chi connectivity index (χ0n) is 23.7. The molecule has 0 spiro atoms. The van der Waals surface area contributed by atoms with Gasteiger partial charge in [-0.2, -0.15) is 10.4 Å². The molecule has 1 aliphatic rings. The summed E-state index contributed by atoms with van der Waals surface area (Å²) in [5, 5.41) is 21.3. The van der Waals surface area contributed by atoms with Crippen molar-refractivity contribution in [3.8, 4) is 6.07 Å². The largest absolute Gasteiger partial charge is 0.403 e. The van der Waals surface area contributed by atoms with Gasteiger partial charge in [0.2, 0.25) is 0 Å². The van der Waals surface area contributed by atoms with E-state index in [0.717, 1.165) is 16.9 Å². The topological polar surface area (TPSA) is 143 Å². The number of likely N-dealkylation sites (tertiary alicyclic amines) is 1. The van der Waals surface area contributed by atoms with E-state index in [1.807, 2.05) is 37.3 Å². The maximum Gasteiger partial charge on any atom is 0.282 e. The Kier molecular flexibility index (Phi) is 8.73. The highest BCUT2D eigenvalue weighted by Crippen LogP contribution is 2.38. The molecule has 0 aliphatic carbocycles. The number of nitrogens with zero attached hydrogens (tertiary/aromatic N) is 4. The number of alkyl halides is 2. The van der Waals surface area contributed by atoms with Crippen LogP contribution in [0.5, 0.6) is 0 Å². The number of amides is 1. The van der Waals surface area contributed by atoms with Gasteiger partial charge in [-0.15, -0.1) is 0 Å². The van der Waals surface area contributed by atoms with Gasteiger partial charge in [0.05, 0.1) is 47.0 Å². The van der Waals surface area contributed by atoms with E-state index in [2.05, 4.69) is 26.8 Å². The molecule has 1 saturated heterocycles. The first-order chi connectivity index (χ1) is 21.2. The van der Waals surface area contributed by atoms with Crippen molar-refractivity contribution in [2.45, 2.75) is 31.4 Å². The Bertz CT molecular complexity index is 1780. The minimum Gasteiger partial charge on any atom is -0.403 e. The Morgan fingerprint density at radius 1 is 1.18 bits per heavy atom. The highest BCUT2D eigenvalue weighted by Gasteiger charge is 2.46. The number of benzene rings is 3. The number of nitriles is 1. The molecule has 1 fully saturated rings. The first-order valence-corrected chi connectivity index (χ1v) is 14.2. The fraction of sp³-hybridized carbons (Fsp3) is 0.219. The molecule has 0 radical (unpaired) electrons. The van der Waals surface area contributed by atoms with Crippen LogP contribution in [0.2, 0.25) is 5.02 Å². The van der Waals surface area contributed by atoms with Crippen molar-refractivity contribution < 1.29 is 13.6 Å². The summed E-state index contributed by atoms with van der Waals surface area (Å²) in [7, 11) is 0. The number of carbonyl (C=O) groups excluding carboxylic acids is 1. The molecule has 3 aromatic carbocycles. The number of hydrogen-bond donors (Lipinski definition) is 4. The summed E-state index contributed by atoms with van der Waals surface area (Å²) >= 11 is 6.72. The number of aromatic nitrogens is 1. The third-order valence-corrected chi connectivity index (χ3v) is 7.77. The Balaban J connectivity index is 1.54. The van der Waals surface area contributed by atoms with Crippen molar-refractivity contribution >= 4 is 39.8 Å². The summed E-state index contributed by atoms with van der Waals surface area (Å²) in [6.07, 6.45) is 3.40. The molecule has 4 aromatic rings. The molecule has 5 rings (SSSR count). The third-order valence-electron chi connectivity index (χ3n) is 7.48. The standard InChI is InChI=1S/C32H29ClF2N8O/c1-2-26(19-7-4-3-5-8-19)41-28-22(14-36)16-39-30-24(28)12-23(13-25(30)33)40-29(27(15-37)42-38)20-9-6-10-21(11-20)31(44)43-17-32(34,35)18-43/h3-13,15-16,26,29,38,40H,2,17-18,37H2,1H3,(H,39,41)/b27-15-,42-38?/t26-,29+/m1/s1. The van der Waals surface area contributed by atoms with Crippen LogP contribution in [0, 0.1) is 16.9 Å². The summed E-state index contributed by atoms with van der Waals surface area (Å²) < 4.78 is 26.8. The number of halogens is 3. The zero-order valence-corrected chi connectivity index (χ0v) is 24.4. The maximum absolute atomic E-state index is 13.4. The number of pyridine rings is 1. The van der Waals surface area contributed by atoms with Crippen molar-refractivity contribution in [3.63, 3.8) is 0 Å². The highest BCUT2D eigenvalue weighted by molar-refractivity contribution is 6.35. The van der Waals surface area contributed by atoms with Crippen molar-refractivity contribution in [2.75, 3.05) is 23.7 Å². The number of anilines is 2. The van der Waals surface area contributed by atoms with E-state index in [4.69, 9.17) is 22.9 Å². The molecule has 9 nitrogen and oxygen atoms in total. The van der Waals surface area contributed by atoms with Gasteiger partial charge >= 0.3 is 0 Å². The average Bonchev–Trinajstić information content (AvgIpc) is 3.02. The number of fused-ring (bicyclic) bond motifs is 1. The van der Waals surface area contributed by atoms with E-state index >= 15 is 0 Å². The zero-order chi connectivity index (χ0) is 31.4. The molecule has 0 unspecified atom stereocenters. The quantitative estimate of drug-likeness (QED) is 0.137. The molecular weight excluding hydrogens is 586 g/mol. The minimum absolute atomic E-state index is 0.0995. The summed E-state index contributed by atoms with van der Waals surface area (Å²) in [6.45, 7) is 0.769. The molecule has 2 heterocycles. The Morgan fingerprint density at radius 2 is 1.91 bits per heavy atom. The predicted molar refractivity (Wildman–Crippen MR) is 166 cm³/mol. The van der Waals surface area contributed by atoms with Gasteiger partial charge in [-0.1, -0.05) is 61.0 Å². The molecule has 0 saturated carbocycles. The van der Waals surface area contributed by atoms with E-state index in [1.54, 1.807) is 36.4 Å². The fourth-order valence-corrected chi connectivity index (χ4v) is 5.51. The maximum atomic E-state index is 13.4. The van der Waals surface area contributed by atoms with Gasteiger partial charge in [0.1, 0.15) is 11.8 Å². The Labute approximate surface area is 257 Å². The van der Waals surface area contributed by atoms with Crippen molar-refractivity contribution in [2.24, 2.45) is 10.8 Å². The highest BCUT2D eigenvalue weighted by atomic mass is 35.5. The van der Waals surface area contributed by atoms with Crippen LogP contribution in [-0.4, -0.2) is 34.8 Å². The molecular formula is C32H29ClF2N8O. The van der Waals surface area contributed by atoms with Gasteiger partial charge in [-0.05, 0) is 41.8 Å². The van der Waals surface area contributed by atoms with E-state index in [0.29, 0.717) is 38.4 Å². The van der Waals surface area contributed by atoms with E-state index in [1.165, 1.54) is 12.4 Å². The summed E-state index contributed by atoms with van der Waals surface area (Å²) in [5.74, 6) is -3.42. The smallest absolute Gasteiger partial charge is 0.282 e. The van der Waals surface area contributed by atoms with E-state index in [-0.39, 0.29) is 17.3 Å². The number of carbonyl (C=O) groups is 1. The van der Waals surface area contributed by atoms with Crippen molar-refractivity contribution in [3.05, 3.63) is 112 Å². The van der Waals surface area contributed by atoms with E-state index in [9.17, 15) is 18.8 Å². The van der Waals surface area contributed by atoms with Crippen LogP contribution in [0.3, 0.4) is 0 Å². The molecule has 0 bridgehead atoms. The lowest BCUT2D eigenvalue weighted by Crippen LogP contribution is -2.58. The second kappa shape index (κ2) is 12.7. The van der Waals surface area contributed by atoms with E-state index < -0.39 is 31.0 Å². The van der Waals surface area contributed by atoms with Crippen LogP contribution in [-0.2, 0) is 0 Å². The predicted octanol–water partition coefficient (Wildman–Crippen LogP) is 7.40. The molecule has 12 heteroatoms. The number of rotatable bonds is 10. The minimum atomic E-state index is -2.89. The van der Waals surface area contributed by atoms with Crippen LogP contribution < -0.4 is 16.4 Å². The molecule has 224 valence electrons. The van der Waals surface area contributed by atoms with Crippen molar-refractivity contribution in [1.29, 1.82) is 10.8 Å². The normalized spacial score (nSPS) is 15.5. The Morgan fingerprint density at radius 3 is 2.55 bits per heavy atom. The van der Waals surface area contributed by atoms with Crippen LogP contribution in [0.25, 0.3) is 10.9 Å². The second-order valence-electron chi connectivity index (χ2n) is 10.5. The molecule has 44 heavy (non-hydrogen) atoms. The average molecular weight is 615 g/mol. The number of hydrogen-bond acceptors (Lipinski definition) is 8. The molecule has 1 aromatic heterocycles. The summed E-state index contributed by atoms with van der Waals surface area (Å²) in [4.78, 5) is 18.4. The van der Waals surface area contributed by atoms with Gasteiger partial charge < -0.3 is 21.3 Å². The van der Waals surface area contributed by atoms with Gasteiger partial charge in [0.15, 0.2) is 0 Å². The summed E-state index contributed by atoms with van der Waals surface area (Å²) in [5.41, 5.74) is 17.4. The second-order valence-corrected chi connectivity index (χ2v) is 10.9. The molecule has 5 N–H and O–H groups in total. The summed E-state index contributed by atoms with van der Waals surface area (Å²) in [6, 6.07) is 21.1. The van der Waals surface area contributed by atoms with Crippen LogP contribution in [0.1, 0.15) is 52.5 Å². The Hall–Kier alpha value is -5.08. The van der Waals surface area contributed by atoms with Crippen LogP contribution in [0.15, 0.2) is 89.9 Å². The van der Waals surface area contributed by atoms with Gasteiger partial charge in [0.25, 0.3) is 11.8 Å². The molecule has 2 atom stereocenters. The first kappa shape index (κ1) is 30.4. The lowest BCUT2D eigenvalue weighted by Gasteiger charge is -2.38. The fourth-order valence-electron chi connectivity index (χ4n) is 5.25. The van der Waals surface area contributed by atoms with Gasteiger partial charge in [-0.3, -0.25) is 9.78 Å². The first-order valence-electron chi connectivity index (χ1n) is 13.8. The molecule has 1 aliphatic heterocycles. The monoisotopic (exact) mass is 614 g/mol. The van der Waals surface area contributed by atoms with Crippen molar-refractivity contribution in [1.82, 2.24) is 9.88 Å². The third kappa shape index (κ3) is 6.16. The lowest BCUT2D eigenvalue weighted by atomic mass is 9.99. The van der Waals surface area contributed by atoms with Gasteiger partial charge in [-0.25, -0.2) is 14.3 Å². The number of nitrogens with one attached hydrogen (secondary N) is 3. The van der Waals surface area contributed by atoms with Crippen LogP contribution in [0.4, 0.5) is 20.2 Å². The van der Waals surface area contributed by atoms with Gasteiger partial charge in [0, 0.05) is 29.0 Å². The SMILES string of the molecule is CC[C@@H](Nc1c(C#N)cnc2c(Cl)cc(N[C@H](/C(=C/N)N=N)c3cccc(C(=O)N4CC(F)(F)C4)c3)cc12)c1ccccc1.